The van der Waals surface area contributed by atoms with Crippen molar-refractivity contribution in [1.29, 1.82) is 0 Å². The lowest BCUT2D eigenvalue weighted by Gasteiger charge is -2.37. The van der Waals surface area contributed by atoms with Crippen LogP contribution in [0.4, 0.5) is 0 Å². The minimum Gasteiger partial charge on any atom is -0.348 e. The molecule has 0 radical (unpaired) electrons. The Bertz CT molecular complexity index is 475. The SMILES string of the molecule is CC(NC(=O)C1(N)CCC1)c1ccc(Cl)cc1Cl.Cl. The number of halogens is 3. The average Bonchev–Trinajstić information content (AvgIpc) is 2.25. The summed E-state index contributed by atoms with van der Waals surface area (Å²) in [6.45, 7) is 1.88. The van der Waals surface area contributed by atoms with Gasteiger partial charge in [-0.1, -0.05) is 29.3 Å². The number of hydrogen-bond acceptors (Lipinski definition) is 2. The number of hydrogen-bond donors (Lipinski definition) is 2. The van der Waals surface area contributed by atoms with E-state index in [4.69, 9.17) is 28.9 Å². The molecular formula is C13H17Cl3N2O. The van der Waals surface area contributed by atoms with Gasteiger partial charge in [-0.3, -0.25) is 4.79 Å². The molecule has 19 heavy (non-hydrogen) atoms. The van der Waals surface area contributed by atoms with Crippen LogP contribution in [0.3, 0.4) is 0 Å². The molecule has 3 nitrogen and oxygen atoms in total. The Labute approximate surface area is 129 Å². The van der Waals surface area contributed by atoms with Gasteiger partial charge in [-0.15, -0.1) is 12.4 Å². The van der Waals surface area contributed by atoms with E-state index in [1.807, 2.05) is 13.0 Å². The molecule has 1 atom stereocenters. The van der Waals surface area contributed by atoms with Crippen molar-refractivity contribution < 1.29 is 4.79 Å². The minimum absolute atomic E-state index is 0. The molecule has 0 bridgehead atoms. The number of benzene rings is 1. The molecule has 0 heterocycles. The standard InChI is InChI=1S/C13H16Cl2N2O.ClH/c1-8(10-4-3-9(14)7-11(10)15)17-12(18)13(16)5-2-6-13;/h3-4,7-8H,2,5-6,16H2,1H3,(H,17,18);1H. The molecule has 0 aromatic heterocycles. The van der Waals surface area contributed by atoms with Crippen LogP contribution in [0, 0.1) is 0 Å². The number of nitrogens with two attached hydrogens (primary N) is 1. The fourth-order valence-corrected chi connectivity index (χ4v) is 2.63. The molecule has 1 aliphatic rings. The quantitative estimate of drug-likeness (QED) is 0.895. The lowest BCUT2D eigenvalue weighted by atomic mass is 9.77. The van der Waals surface area contributed by atoms with Crippen LogP contribution in [0.1, 0.15) is 37.8 Å². The Morgan fingerprint density at radius 2 is 2.05 bits per heavy atom. The van der Waals surface area contributed by atoms with Crippen molar-refractivity contribution in [3.8, 4) is 0 Å². The zero-order chi connectivity index (χ0) is 13.3. The van der Waals surface area contributed by atoms with Gasteiger partial charge in [-0.25, -0.2) is 0 Å². The molecule has 1 aromatic rings. The maximum Gasteiger partial charge on any atom is 0.240 e. The van der Waals surface area contributed by atoms with Gasteiger partial charge in [-0.05, 0) is 43.9 Å². The van der Waals surface area contributed by atoms with Gasteiger partial charge in [0.15, 0.2) is 0 Å². The molecule has 0 spiro atoms. The highest BCUT2D eigenvalue weighted by Gasteiger charge is 2.40. The molecule has 3 N–H and O–H groups in total. The maximum absolute atomic E-state index is 12.0. The van der Waals surface area contributed by atoms with Crippen LogP contribution in [-0.2, 0) is 4.79 Å². The van der Waals surface area contributed by atoms with E-state index in [0.29, 0.717) is 10.0 Å². The summed E-state index contributed by atoms with van der Waals surface area (Å²) in [6.07, 6.45) is 2.51. The van der Waals surface area contributed by atoms with E-state index >= 15 is 0 Å². The van der Waals surface area contributed by atoms with E-state index in [-0.39, 0.29) is 24.4 Å². The van der Waals surface area contributed by atoms with E-state index in [2.05, 4.69) is 5.32 Å². The zero-order valence-electron chi connectivity index (χ0n) is 10.6. The Hall–Kier alpha value is -0.480. The van der Waals surface area contributed by atoms with Gasteiger partial charge in [0.25, 0.3) is 0 Å². The van der Waals surface area contributed by atoms with Crippen molar-refractivity contribution in [1.82, 2.24) is 5.32 Å². The highest BCUT2D eigenvalue weighted by molar-refractivity contribution is 6.35. The summed E-state index contributed by atoms with van der Waals surface area (Å²) in [6, 6.07) is 5.07. The Balaban J connectivity index is 0.00000180. The number of carbonyl (C=O) groups excluding carboxylic acids is 1. The summed E-state index contributed by atoms with van der Waals surface area (Å²) in [5, 5.41) is 4.04. The van der Waals surface area contributed by atoms with Crippen molar-refractivity contribution in [2.45, 2.75) is 37.8 Å². The highest BCUT2D eigenvalue weighted by atomic mass is 35.5. The predicted octanol–water partition coefficient (Wildman–Crippen LogP) is 3.47. The molecular weight excluding hydrogens is 307 g/mol. The molecule has 1 saturated carbocycles. The fraction of sp³-hybridized carbons (Fsp3) is 0.462. The van der Waals surface area contributed by atoms with E-state index in [1.165, 1.54) is 0 Å². The number of rotatable bonds is 3. The third-order valence-electron chi connectivity index (χ3n) is 3.47. The Kier molecular flexibility index (Phi) is 5.51. The van der Waals surface area contributed by atoms with Crippen LogP contribution in [0.2, 0.25) is 10.0 Å². The Morgan fingerprint density at radius 3 is 2.53 bits per heavy atom. The van der Waals surface area contributed by atoms with Gasteiger partial charge < -0.3 is 11.1 Å². The van der Waals surface area contributed by atoms with Crippen LogP contribution in [0.5, 0.6) is 0 Å². The molecule has 1 fully saturated rings. The van der Waals surface area contributed by atoms with Crippen LogP contribution in [-0.4, -0.2) is 11.4 Å². The van der Waals surface area contributed by atoms with Crippen molar-refractivity contribution in [2.75, 3.05) is 0 Å². The van der Waals surface area contributed by atoms with Gasteiger partial charge in [0.05, 0.1) is 11.6 Å². The topological polar surface area (TPSA) is 55.1 Å². The number of carbonyl (C=O) groups is 1. The molecule has 1 amide bonds. The van der Waals surface area contributed by atoms with E-state index in [0.717, 1.165) is 24.8 Å². The van der Waals surface area contributed by atoms with E-state index in [1.54, 1.807) is 12.1 Å². The summed E-state index contributed by atoms with van der Waals surface area (Å²) >= 11 is 11.9. The first-order valence-corrected chi connectivity index (χ1v) is 6.73. The van der Waals surface area contributed by atoms with Crippen molar-refractivity contribution in [3.63, 3.8) is 0 Å². The number of amides is 1. The summed E-state index contributed by atoms with van der Waals surface area (Å²) < 4.78 is 0. The fourth-order valence-electron chi connectivity index (χ4n) is 2.06. The maximum atomic E-state index is 12.0. The van der Waals surface area contributed by atoms with E-state index in [9.17, 15) is 4.79 Å². The first-order valence-electron chi connectivity index (χ1n) is 5.97. The largest absolute Gasteiger partial charge is 0.348 e. The average molecular weight is 324 g/mol. The third-order valence-corrected chi connectivity index (χ3v) is 4.04. The summed E-state index contributed by atoms with van der Waals surface area (Å²) in [5.41, 5.74) is 6.13. The second-order valence-corrected chi connectivity index (χ2v) is 5.71. The highest BCUT2D eigenvalue weighted by Crippen LogP contribution is 2.31. The van der Waals surface area contributed by atoms with Crippen LogP contribution in [0.25, 0.3) is 0 Å². The smallest absolute Gasteiger partial charge is 0.240 e. The molecule has 0 aliphatic heterocycles. The molecule has 106 valence electrons. The van der Waals surface area contributed by atoms with Gasteiger partial charge in [0, 0.05) is 10.0 Å². The van der Waals surface area contributed by atoms with Crippen LogP contribution < -0.4 is 11.1 Å². The summed E-state index contributed by atoms with van der Waals surface area (Å²) in [4.78, 5) is 12.0. The van der Waals surface area contributed by atoms with Crippen molar-refractivity contribution in [3.05, 3.63) is 33.8 Å². The third kappa shape index (κ3) is 3.54. The molecule has 2 rings (SSSR count). The monoisotopic (exact) mass is 322 g/mol. The van der Waals surface area contributed by atoms with Crippen LogP contribution >= 0.6 is 35.6 Å². The molecule has 1 aromatic carbocycles. The lowest BCUT2D eigenvalue weighted by Crippen LogP contribution is -2.58. The van der Waals surface area contributed by atoms with Crippen LogP contribution in [0.15, 0.2) is 18.2 Å². The normalized spacial score (nSPS) is 17.9. The Morgan fingerprint density at radius 1 is 1.42 bits per heavy atom. The number of nitrogens with one attached hydrogen (secondary N) is 1. The van der Waals surface area contributed by atoms with Crippen molar-refractivity contribution in [2.24, 2.45) is 5.73 Å². The van der Waals surface area contributed by atoms with E-state index < -0.39 is 5.54 Å². The second-order valence-electron chi connectivity index (χ2n) is 4.87. The predicted molar refractivity (Wildman–Crippen MR) is 81.0 cm³/mol. The van der Waals surface area contributed by atoms with Gasteiger partial charge in [0.2, 0.25) is 5.91 Å². The molecule has 1 unspecified atom stereocenters. The second kappa shape index (κ2) is 6.31. The van der Waals surface area contributed by atoms with Gasteiger partial charge >= 0.3 is 0 Å². The summed E-state index contributed by atoms with van der Waals surface area (Å²) in [7, 11) is 0. The zero-order valence-corrected chi connectivity index (χ0v) is 12.9. The summed E-state index contributed by atoms with van der Waals surface area (Å²) in [5.74, 6) is -0.104. The molecule has 6 heteroatoms. The minimum atomic E-state index is -0.687. The van der Waals surface area contributed by atoms with Gasteiger partial charge in [0.1, 0.15) is 0 Å². The van der Waals surface area contributed by atoms with Crippen molar-refractivity contribution >= 4 is 41.5 Å². The molecule has 1 aliphatic carbocycles. The first-order chi connectivity index (χ1) is 8.42. The molecule has 0 saturated heterocycles. The van der Waals surface area contributed by atoms with Gasteiger partial charge in [-0.2, -0.15) is 0 Å². The lowest BCUT2D eigenvalue weighted by molar-refractivity contribution is -0.129. The first kappa shape index (κ1) is 16.6.